The molecule has 5 nitrogen and oxygen atoms in total. The van der Waals surface area contributed by atoms with Crippen LogP contribution in [-0.4, -0.2) is 59.6 Å². The van der Waals surface area contributed by atoms with Gasteiger partial charge in [-0.2, -0.15) is 23.5 Å². The molecule has 0 aromatic heterocycles. The molecule has 0 spiro atoms. The van der Waals surface area contributed by atoms with Crippen molar-refractivity contribution in [1.82, 2.24) is 0 Å². The van der Waals surface area contributed by atoms with Gasteiger partial charge in [0.05, 0.1) is 0 Å². The first-order valence-electron chi connectivity index (χ1n) is 15.3. The van der Waals surface area contributed by atoms with Gasteiger partial charge in [-0.3, -0.25) is 0 Å². The molecule has 4 atom stereocenters. The third kappa shape index (κ3) is 8.90. The minimum Gasteiger partial charge on any atom is -0.492 e. The Bertz CT molecular complexity index is 1340. The molecule has 2 aliphatic heterocycles. The lowest BCUT2D eigenvalue weighted by Gasteiger charge is -2.16. The zero-order chi connectivity index (χ0) is 30.3. The first-order valence-corrected chi connectivity index (χ1v) is 17.4. The van der Waals surface area contributed by atoms with E-state index < -0.39 is 6.10 Å². The van der Waals surface area contributed by atoms with E-state index in [1.54, 1.807) is 0 Å². The lowest BCUT2D eigenvalue weighted by atomic mass is 9.93. The predicted molar refractivity (Wildman–Crippen MR) is 181 cm³/mol. The number of rotatable bonds is 16. The van der Waals surface area contributed by atoms with Crippen LogP contribution >= 0.6 is 23.5 Å². The zero-order valence-corrected chi connectivity index (χ0v) is 26.9. The van der Waals surface area contributed by atoms with Crippen LogP contribution in [0.5, 0.6) is 23.0 Å². The van der Waals surface area contributed by atoms with E-state index in [-0.39, 0.29) is 25.0 Å². The maximum Gasteiger partial charge on any atom is 0.122 e. The summed E-state index contributed by atoms with van der Waals surface area (Å²) in [5.74, 6) is 6.23. The van der Waals surface area contributed by atoms with Crippen molar-refractivity contribution in [2.45, 2.75) is 42.3 Å². The fourth-order valence-corrected chi connectivity index (χ4v) is 5.73. The van der Waals surface area contributed by atoms with Gasteiger partial charge in [-0.05, 0) is 70.8 Å². The summed E-state index contributed by atoms with van der Waals surface area (Å²) in [6.45, 7) is 6.29. The van der Waals surface area contributed by atoms with Crippen LogP contribution in [0.25, 0.3) is 0 Å². The highest BCUT2D eigenvalue weighted by Crippen LogP contribution is 2.33. The summed E-state index contributed by atoms with van der Waals surface area (Å²) in [6.07, 6.45) is -0.745. The lowest BCUT2D eigenvalue weighted by molar-refractivity contribution is 0.0626. The molecule has 0 bridgehead atoms. The largest absolute Gasteiger partial charge is 0.492 e. The maximum absolute atomic E-state index is 10.5. The third-order valence-corrected chi connectivity index (χ3v) is 9.96. The molecule has 2 heterocycles. The van der Waals surface area contributed by atoms with Gasteiger partial charge in [-0.15, -0.1) is 0 Å². The van der Waals surface area contributed by atoms with Crippen molar-refractivity contribution in [2.75, 3.05) is 37.9 Å². The van der Waals surface area contributed by atoms with Gasteiger partial charge in [0, 0.05) is 33.8 Å². The molecule has 4 aromatic rings. The molecule has 230 valence electrons. The van der Waals surface area contributed by atoms with E-state index in [0.29, 0.717) is 10.5 Å². The number of thioether (sulfide) groups is 2. The standard InChI is InChI=1S/C37H40O5S2/c1-25(29-7-15-34(16-8-29)41-21-36-23-43-36)27-3-11-32(12-4-27)39-19-31(38)20-40-33-13-5-28(6-14-33)26(2)30-9-17-35(18-10-30)42-22-37-24-44-37/h3-18,25-26,31,36-38H,19-24H2,1-2H3. The second-order valence-electron chi connectivity index (χ2n) is 11.5. The quantitative estimate of drug-likeness (QED) is 0.127. The second-order valence-corrected chi connectivity index (χ2v) is 14.2. The van der Waals surface area contributed by atoms with Crippen molar-refractivity contribution in [1.29, 1.82) is 0 Å². The van der Waals surface area contributed by atoms with Crippen molar-refractivity contribution < 1.29 is 24.1 Å². The molecular formula is C37H40O5S2. The number of hydrogen-bond acceptors (Lipinski definition) is 7. The molecule has 0 aliphatic carbocycles. The Kier molecular flexibility index (Phi) is 10.3. The van der Waals surface area contributed by atoms with Gasteiger partial charge in [0.15, 0.2) is 0 Å². The van der Waals surface area contributed by atoms with Gasteiger partial charge in [-0.1, -0.05) is 62.4 Å². The zero-order valence-electron chi connectivity index (χ0n) is 25.3. The van der Waals surface area contributed by atoms with Crippen LogP contribution in [0.4, 0.5) is 0 Å². The molecule has 1 N–H and O–H groups in total. The highest BCUT2D eigenvalue weighted by Gasteiger charge is 2.23. The molecular weight excluding hydrogens is 589 g/mol. The topological polar surface area (TPSA) is 57.2 Å². The van der Waals surface area contributed by atoms with Crippen LogP contribution in [0.3, 0.4) is 0 Å². The predicted octanol–water partition coefficient (Wildman–Crippen LogP) is 7.80. The minimum atomic E-state index is -0.745. The summed E-state index contributed by atoms with van der Waals surface area (Å²) in [7, 11) is 0. The van der Waals surface area contributed by atoms with Crippen LogP contribution in [0.1, 0.15) is 47.9 Å². The third-order valence-electron chi connectivity index (χ3n) is 8.08. The molecule has 44 heavy (non-hydrogen) atoms. The summed E-state index contributed by atoms with van der Waals surface area (Å²) in [5.41, 5.74) is 4.89. The van der Waals surface area contributed by atoms with Crippen LogP contribution < -0.4 is 18.9 Å². The minimum absolute atomic E-state index is 0.157. The number of hydrogen-bond donors (Lipinski definition) is 1. The van der Waals surface area contributed by atoms with Gasteiger partial charge in [-0.25, -0.2) is 0 Å². The molecule has 7 heteroatoms. The molecule has 0 saturated carbocycles. The number of ether oxygens (including phenoxy) is 4. The average molecular weight is 629 g/mol. The molecule has 4 unspecified atom stereocenters. The Morgan fingerprint density at radius 2 is 0.795 bits per heavy atom. The number of benzene rings is 4. The molecule has 4 aromatic carbocycles. The summed E-state index contributed by atoms with van der Waals surface area (Å²) < 4.78 is 23.4. The number of aliphatic hydroxyl groups is 1. The van der Waals surface area contributed by atoms with Crippen molar-refractivity contribution >= 4 is 23.5 Å². The molecule has 0 amide bonds. The van der Waals surface area contributed by atoms with Gasteiger partial charge in [0.1, 0.15) is 55.5 Å². The van der Waals surface area contributed by atoms with Crippen molar-refractivity contribution in [3.8, 4) is 23.0 Å². The van der Waals surface area contributed by atoms with Crippen molar-refractivity contribution in [3.63, 3.8) is 0 Å². The highest BCUT2D eigenvalue weighted by atomic mass is 32.2. The molecule has 0 radical (unpaired) electrons. The van der Waals surface area contributed by atoms with E-state index in [1.807, 2.05) is 47.8 Å². The van der Waals surface area contributed by atoms with Crippen molar-refractivity contribution in [2.24, 2.45) is 0 Å². The number of aliphatic hydroxyl groups excluding tert-OH is 1. The van der Waals surface area contributed by atoms with E-state index in [4.69, 9.17) is 18.9 Å². The summed E-state index contributed by atoms with van der Waals surface area (Å²) in [4.78, 5) is 0. The molecule has 6 rings (SSSR count). The van der Waals surface area contributed by atoms with Crippen LogP contribution in [0.2, 0.25) is 0 Å². The maximum atomic E-state index is 10.5. The average Bonchev–Trinajstić information content (AvgIpc) is 4.01. The first-order chi connectivity index (χ1) is 21.5. The Hall–Kier alpha value is -3.26. The lowest BCUT2D eigenvalue weighted by Crippen LogP contribution is -2.25. The summed E-state index contributed by atoms with van der Waals surface area (Å²) >= 11 is 3.89. The Labute approximate surface area is 269 Å². The smallest absolute Gasteiger partial charge is 0.122 e. The van der Waals surface area contributed by atoms with E-state index in [1.165, 1.54) is 33.8 Å². The SMILES string of the molecule is CC(c1ccc(OCC(O)COc2ccc(C(C)c3ccc(OCC4CS4)cc3)cc2)cc1)c1ccc(OCC2CS2)cc1. The highest BCUT2D eigenvalue weighted by molar-refractivity contribution is 8.07. The van der Waals surface area contributed by atoms with Crippen LogP contribution in [0, 0.1) is 0 Å². The van der Waals surface area contributed by atoms with Gasteiger partial charge >= 0.3 is 0 Å². The monoisotopic (exact) mass is 628 g/mol. The molecule has 2 saturated heterocycles. The van der Waals surface area contributed by atoms with E-state index in [0.717, 1.165) is 36.2 Å². The van der Waals surface area contributed by atoms with Crippen molar-refractivity contribution in [3.05, 3.63) is 119 Å². The van der Waals surface area contributed by atoms with Gasteiger partial charge in [0.25, 0.3) is 0 Å². The summed E-state index contributed by atoms with van der Waals surface area (Å²) in [5, 5.41) is 11.8. The van der Waals surface area contributed by atoms with E-state index >= 15 is 0 Å². The fraction of sp³-hybridized carbons (Fsp3) is 0.351. The molecule has 2 fully saturated rings. The van der Waals surface area contributed by atoms with Crippen LogP contribution in [0.15, 0.2) is 97.1 Å². The van der Waals surface area contributed by atoms with Crippen LogP contribution in [-0.2, 0) is 0 Å². The fourth-order valence-electron chi connectivity index (χ4n) is 4.94. The second kappa shape index (κ2) is 14.7. The van der Waals surface area contributed by atoms with E-state index in [9.17, 15) is 5.11 Å². The summed E-state index contributed by atoms with van der Waals surface area (Å²) in [6, 6.07) is 32.9. The Morgan fingerprint density at radius 1 is 0.523 bits per heavy atom. The molecule has 2 aliphatic rings. The Balaban J connectivity index is 0.917. The van der Waals surface area contributed by atoms with Gasteiger partial charge < -0.3 is 24.1 Å². The van der Waals surface area contributed by atoms with E-state index in [2.05, 4.69) is 86.6 Å². The normalized spacial score (nSPS) is 19.0. The van der Waals surface area contributed by atoms with Gasteiger partial charge in [0.2, 0.25) is 0 Å². The Morgan fingerprint density at radius 3 is 1.07 bits per heavy atom. The first kappa shape index (κ1) is 30.8.